The van der Waals surface area contributed by atoms with E-state index in [1.165, 1.54) is 29.7 Å². The molecule has 1 N–H and O–H groups in total. The maximum Gasteiger partial charge on any atom is 0.326 e. The summed E-state index contributed by atoms with van der Waals surface area (Å²) in [4.78, 5) is 25.3. The van der Waals surface area contributed by atoms with Gasteiger partial charge in [0.2, 0.25) is 0 Å². The molecule has 1 aromatic rings. The fraction of sp³-hybridized carbons (Fsp3) is 0.529. The molecule has 21 heavy (non-hydrogen) atoms. The third-order valence-electron chi connectivity index (χ3n) is 4.68. The summed E-state index contributed by atoms with van der Waals surface area (Å²) in [5.41, 5.74) is 1.89. The highest BCUT2D eigenvalue weighted by molar-refractivity contribution is 5.97. The molecule has 2 saturated carbocycles. The standard InChI is InChI=1S/C17H21NO3/c1-11(17(20)21)18(15-9-10-15)16(19)14-7-5-13(6-8-14)12-3-2-4-12/h5-8,11-12,15H,2-4,9-10H2,1H3,(H,20,21). The van der Waals surface area contributed by atoms with Crippen LogP contribution in [0.1, 0.15) is 60.9 Å². The van der Waals surface area contributed by atoms with Crippen molar-refractivity contribution in [3.63, 3.8) is 0 Å². The number of benzene rings is 1. The van der Waals surface area contributed by atoms with Crippen molar-refractivity contribution in [2.75, 3.05) is 0 Å². The Labute approximate surface area is 124 Å². The van der Waals surface area contributed by atoms with E-state index in [-0.39, 0.29) is 11.9 Å². The number of carbonyl (C=O) groups is 2. The Kier molecular flexibility index (Phi) is 3.70. The first-order chi connectivity index (χ1) is 10.1. The van der Waals surface area contributed by atoms with E-state index in [9.17, 15) is 14.7 Å². The van der Waals surface area contributed by atoms with Crippen LogP contribution in [0.3, 0.4) is 0 Å². The van der Waals surface area contributed by atoms with Crippen LogP contribution < -0.4 is 0 Å². The molecule has 1 amide bonds. The number of rotatable bonds is 5. The van der Waals surface area contributed by atoms with Crippen molar-refractivity contribution in [2.24, 2.45) is 0 Å². The molecule has 0 bridgehead atoms. The number of aliphatic carboxylic acids is 1. The first-order valence-electron chi connectivity index (χ1n) is 7.73. The van der Waals surface area contributed by atoms with E-state index in [2.05, 4.69) is 0 Å². The van der Waals surface area contributed by atoms with Crippen molar-refractivity contribution in [3.05, 3.63) is 35.4 Å². The minimum atomic E-state index is -0.943. The average molecular weight is 287 g/mol. The summed E-state index contributed by atoms with van der Waals surface area (Å²) in [6.07, 6.45) is 5.57. The number of carboxylic acids is 1. The maximum absolute atomic E-state index is 12.6. The molecule has 112 valence electrons. The van der Waals surface area contributed by atoms with Crippen LogP contribution in [0.4, 0.5) is 0 Å². The SMILES string of the molecule is CC(C(=O)O)N(C(=O)c1ccc(C2CCC2)cc1)C1CC1. The van der Waals surface area contributed by atoms with Crippen molar-refractivity contribution < 1.29 is 14.7 Å². The summed E-state index contributed by atoms with van der Waals surface area (Å²) in [5.74, 6) is -0.458. The van der Waals surface area contributed by atoms with Crippen molar-refractivity contribution in [1.82, 2.24) is 4.90 Å². The molecule has 2 aliphatic rings. The molecule has 1 atom stereocenters. The van der Waals surface area contributed by atoms with Gasteiger partial charge in [0.15, 0.2) is 0 Å². The van der Waals surface area contributed by atoms with Crippen molar-refractivity contribution in [3.8, 4) is 0 Å². The Morgan fingerprint density at radius 3 is 2.19 bits per heavy atom. The van der Waals surface area contributed by atoms with Gasteiger partial charge in [0.25, 0.3) is 5.91 Å². The second-order valence-electron chi connectivity index (χ2n) is 6.21. The van der Waals surface area contributed by atoms with Crippen LogP contribution in [0.15, 0.2) is 24.3 Å². The summed E-state index contributed by atoms with van der Waals surface area (Å²) >= 11 is 0. The number of hydrogen-bond donors (Lipinski definition) is 1. The van der Waals surface area contributed by atoms with Gasteiger partial charge in [-0.05, 0) is 56.2 Å². The van der Waals surface area contributed by atoms with E-state index < -0.39 is 12.0 Å². The number of carboxylic acid groups (broad SMARTS) is 1. The molecule has 0 spiro atoms. The zero-order valence-corrected chi connectivity index (χ0v) is 12.3. The molecule has 4 nitrogen and oxygen atoms in total. The Morgan fingerprint density at radius 2 is 1.76 bits per heavy atom. The number of hydrogen-bond acceptors (Lipinski definition) is 2. The summed E-state index contributed by atoms with van der Waals surface area (Å²) in [6, 6.07) is 7.06. The molecule has 1 aromatic carbocycles. The lowest BCUT2D eigenvalue weighted by atomic mass is 9.80. The smallest absolute Gasteiger partial charge is 0.326 e. The summed E-state index contributed by atoms with van der Waals surface area (Å²) in [6.45, 7) is 1.58. The number of nitrogens with zero attached hydrogens (tertiary/aromatic N) is 1. The predicted molar refractivity (Wildman–Crippen MR) is 79.3 cm³/mol. The predicted octanol–water partition coefficient (Wildman–Crippen LogP) is 3.03. The first kappa shape index (κ1) is 14.1. The van der Waals surface area contributed by atoms with E-state index in [0.717, 1.165) is 12.8 Å². The normalized spacial score (nSPS) is 19.7. The minimum Gasteiger partial charge on any atom is -0.480 e. The Bertz CT molecular complexity index is 544. The average Bonchev–Trinajstić information content (AvgIpc) is 3.22. The lowest BCUT2D eigenvalue weighted by Crippen LogP contribution is -2.44. The zero-order chi connectivity index (χ0) is 15.0. The van der Waals surface area contributed by atoms with Crippen LogP contribution in [-0.4, -0.2) is 34.0 Å². The summed E-state index contributed by atoms with van der Waals surface area (Å²) in [5, 5.41) is 9.19. The fourth-order valence-corrected chi connectivity index (χ4v) is 2.92. The molecule has 4 heteroatoms. The molecule has 0 aliphatic heterocycles. The second kappa shape index (κ2) is 5.51. The summed E-state index contributed by atoms with van der Waals surface area (Å²) in [7, 11) is 0. The van der Waals surface area contributed by atoms with E-state index in [1.54, 1.807) is 6.92 Å². The molecule has 2 aliphatic carbocycles. The topological polar surface area (TPSA) is 57.6 Å². The highest BCUT2D eigenvalue weighted by atomic mass is 16.4. The number of carbonyl (C=O) groups excluding carboxylic acids is 1. The Balaban J connectivity index is 1.77. The maximum atomic E-state index is 12.6. The van der Waals surface area contributed by atoms with Crippen LogP contribution >= 0.6 is 0 Å². The third-order valence-corrected chi connectivity index (χ3v) is 4.68. The van der Waals surface area contributed by atoms with Gasteiger partial charge in [-0.2, -0.15) is 0 Å². The van der Waals surface area contributed by atoms with Crippen LogP contribution in [0.25, 0.3) is 0 Å². The quantitative estimate of drug-likeness (QED) is 0.905. The third kappa shape index (κ3) is 2.80. The molecule has 0 saturated heterocycles. The molecule has 0 radical (unpaired) electrons. The molecule has 3 rings (SSSR count). The minimum absolute atomic E-state index is 0.0925. The van der Waals surface area contributed by atoms with Gasteiger partial charge in [-0.3, -0.25) is 4.79 Å². The molecular formula is C17H21NO3. The van der Waals surface area contributed by atoms with Crippen LogP contribution in [0.2, 0.25) is 0 Å². The van der Waals surface area contributed by atoms with Gasteiger partial charge in [-0.1, -0.05) is 18.6 Å². The van der Waals surface area contributed by atoms with Gasteiger partial charge in [-0.25, -0.2) is 4.79 Å². The van der Waals surface area contributed by atoms with Crippen LogP contribution in [0, 0.1) is 0 Å². The van der Waals surface area contributed by atoms with E-state index >= 15 is 0 Å². The van der Waals surface area contributed by atoms with Gasteiger partial charge >= 0.3 is 5.97 Å². The van der Waals surface area contributed by atoms with E-state index in [1.807, 2.05) is 24.3 Å². The molecular weight excluding hydrogens is 266 g/mol. The van der Waals surface area contributed by atoms with E-state index in [4.69, 9.17) is 0 Å². The highest BCUT2D eigenvalue weighted by Crippen LogP contribution is 2.36. The summed E-state index contributed by atoms with van der Waals surface area (Å²) < 4.78 is 0. The molecule has 1 unspecified atom stereocenters. The number of amides is 1. The Morgan fingerprint density at radius 1 is 1.14 bits per heavy atom. The fourth-order valence-electron chi connectivity index (χ4n) is 2.92. The lowest BCUT2D eigenvalue weighted by molar-refractivity contribution is -0.141. The Hall–Kier alpha value is -1.84. The van der Waals surface area contributed by atoms with Crippen LogP contribution in [0.5, 0.6) is 0 Å². The van der Waals surface area contributed by atoms with Gasteiger partial charge in [0.1, 0.15) is 6.04 Å². The molecule has 0 aromatic heterocycles. The second-order valence-corrected chi connectivity index (χ2v) is 6.21. The van der Waals surface area contributed by atoms with Gasteiger partial charge in [0, 0.05) is 11.6 Å². The largest absolute Gasteiger partial charge is 0.480 e. The molecule has 0 heterocycles. The van der Waals surface area contributed by atoms with Crippen molar-refractivity contribution >= 4 is 11.9 Å². The highest BCUT2D eigenvalue weighted by Gasteiger charge is 2.38. The van der Waals surface area contributed by atoms with Gasteiger partial charge in [-0.15, -0.1) is 0 Å². The van der Waals surface area contributed by atoms with Gasteiger partial charge < -0.3 is 10.0 Å². The van der Waals surface area contributed by atoms with Gasteiger partial charge in [0.05, 0.1) is 0 Å². The van der Waals surface area contributed by atoms with E-state index in [0.29, 0.717) is 11.5 Å². The zero-order valence-electron chi connectivity index (χ0n) is 12.3. The monoisotopic (exact) mass is 287 g/mol. The van der Waals surface area contributed by atoms with Crippen molar-refractivity contribution in [1.29, 1.82) is 0 Å². The first-order valence-corrected chi connectivity index (χ1v) is 7.73. The lowest BCUT2D eigenvalue weighted by Gasteiger charge is -2.28. The van der Waals surface area contributed by atoms with Crippen LogP contribution in [-0.2, 0) is 4.79 Å². The molecule has 2 fully saturated rings. The van der Waals surface area contributed by atoms with Crippen molar-refractivity contribution in [2.45, 2.75) is 57.0 Å².